The van der Waals surface area contributed by atoms with Crippen molar-refractivity contribution in [2.24, 2.45) is 0 Å². The monoisotopic (exact) mass is 296 g/mol. The van der Waals surface area contributed by atoms with Crippen LogP contribution in [0.15, 0.2) is 24.4 Å². The first-order valence-corrected chi connectivity index (χ1v) is 6.67. The molecule has 0 bridgehead atoms. The van der Waals surface area contributed by atoms with Crippen LogP contribution in [0.2, 0.25) is 0 Å². The fourth-order valence-corrected chi connectivity index (χ4v) is 1.74. The van der Waals surface area contributed by atoms with Gasteiger partial charge in [0.25, 0.3) is 0 Å². The predicted octanol–water partition coefficient (Wildman–Crippen LogP) is 0.0308. The lowest BCUT2D eigenvalue weighted by atomic mass is 10.2. The molecule has 1 atom stereocenters. The normalized spacial score (nSPS) is 17.4. The Morgan fingerprint density at radius 2 is 2.10 bits per heavy atom. The summed E-state index contributed by atoms with van der Waals surface area (Å²) in [4.78, 5) is 33.6. The molecule has 0 spiro atoms. The number of carbonyl (C=O) groups excluding carboxylic acids is 3. The van der Waals surface area contributed by atoms with E-state index < -0.39 is 11.9 Å². The Morgan fingerprint density at radius 1 is 1.38 bits per heavy atom. The van der Waals surface area contributed by atoms with Crippen LogP contribution in [0, 0.1) is 0 Å². The van der Waals surface area contributed by atoms with Gasteiger partial charge in [0.1, 0.15) is 6.04 Å². The van der Waals surface area contributed by atoms with Crippen molar-refractivity contribution in [3.05, 3.63) is 24.4 Å². The second-order valence-electron chi connectivity index (χ2n) is 4.51. The standard InChI is InChI=1S/C14H20N2O5/c1-10-4-5-11(16-10)14(19)15-8-3-9-21-13(18)7-6-12(17)20-2/h6-7,11,16H,1,3-5,8-9H2,2H3,(H,15,19)/b7-6+. The number of rotatable bonds is 7. The fourth-order valence-electron chi connectivity index (χ4n) is 1.74. The number of amides is 1. The van der Waals surface area contributed by atoms with Crippen molar-refractivity contribution in [1.29, 1.82) is 0 Å². The SMILES string of the molecule is C=C1CCC(C(=O)NCCCOC(=O)/C=C/C(=O)OC)N1. The lowest BCUT2D eigenvalue weighted by molar-refractivity contribution is -0.139. The molecule has 2 N–H and O–H groups in total. The number of ether oxygens (including phenoxy) is 2. The Morgan fingerprint density at radius 3 is 2.71 bits per heavy atom. The van der Waals surface area contributed by atoms with Crippen molar-refractivity contribution in [3.63, 3.8) is 0 Å². The molecule has 1 heterocycles. The summed E-state index contributed by atoms with van der Waals surface area (Å²) in [6, 6.07) is -0.219. The predicted molar refractivity (Wildman–Crippen MR) is 75.0 cm³/mol. The summed E-state index contributed by atoms with van der Waals surface area (Å²) in [6.07, 6.45) is 4.04. The van der Waals surface area contributed by atoms with Crippen LogP contribution in [0.3, 0.4) is 0 Å². The molecular weight excluding hydrogens is 276 g/mol. The number of carbonyl (C=O) groups is 3. The minimum Gasteiger partial charge on any atom is -0.466 e. The molecule has 116 valence electrons. The van der Waals surface area contributed by atoms with Crippen LogP contribution in [0.1, 0.15) is 19.3 Å². The lowest BCUT2D eigenvalue weighted by Crippen LogP contribution is -2.40. The summed E-state index contributed by atoms with van der Waals surface area (Å²) in [5.41, 5.74) is 0.876. The van der Waals surface area contributed by atoms with E-state index in [1.54, 1.807) is 0 Å². The van der Waals surface area contributed by atoms with Crippen LogP contribution in [-0.2, 0) is 23.9 Å². The van der Waals surface area contributed by atoms with Crippen LogP contribution in [0.25, 0.3) is 0 Å². The van der Waals surface area contributed by atoms with E-state index in [1.165, 1.54) is 7.11 Å². The van der Waals surface area contributed by atoms with Gasteiger partial charge in [0, 0.05) is 24.4 Å². The zero-order valence-electron chi connectivity index (χ0n) is 12.0. The Bertz CT molecular complexity index is 445. The van der Waals surface area contributed by atoms with Gasteiger partial charge in [-0.1, -0.05) is 6.58 Å². The minimum absolute atomic E-state index is 0.0782. The van der Waals surface area contributed by atoms with Crippen molar-refractivity contribution in [2.75, 3.05) is 20.3 Å². The van der Waals surface area contributed by atoms with Crippen LogP contribution in [-0.4, -0.2) is 44.1 Å². The van der Waals surface area contributed by atoms with Crippen LogP contribution in [0.5, 0.6) is 0 Å². The van der Waals surface area contributed by atoms with Gasteiger partial charge in [-0.25, -0.2) is 9.59 Å². The first-order valence-electron chi connectivity index (χ1n) is 6.67. The summed E-state index contributed by atoms with van der Waals surface area (Å²) in [5, 5.41) is 5.75. The maximum absolute atomic E-state index is 11.7. The highest BCUT2D eigenvalue weighted by atomic mass is 16.5. The van der Waals surface area contributed by atoms with Gasteiger partial charge in [0.15, 0.2) is 0 Å². The van der Waals surface area contributed by atoms with Crippen molar-refractivity contribution >= 4 is 17.8 Å². The van der Waals surface area contributed by atoms with Gasteiger partial charge < -0.3 is 20.1 Å². The van der Waals surface area contributed by atoms with Crippen LogP contribution in [0.4, 0.5) is 0 Å². The van der Waals surface area contributed by atoms with Crippen molar-refractivity contribution in [2.45, 2.75) is 25.3 Å². The smallest absolute Gasteiger partial charge is 0.331 e. The highest BCUT2D eigenvalue weighted by molar-refractivity contribution is 5.91. The fraction of sp³-hybridized carbons (Fsp3) is 0.500. The Balaban J connectivity index is 2.07. The van der Waals surface area contributed by atoms with Gasteiger partial charge in [-0.2, -0.15) is 0 Å². The summed E-state index contributed by atoms with van der Waals surface area (Å²) in [7, 11) is 1.22. The molecule has 0 aromatic heterocycles. The van der Waals surface area contributed by atoms with E-state index in [0.29, 0.717) is 13.0 Å². The van der Waals surface area contributed by atoms with Gasteiger partial charge in [-0.05, 0) is 19.3 Å². The molecule has 1 rings (SSSR count). The van der Waals surface area contributed by atoms with Crippen molar-refractivity contribution in [3.8, 4) is 0 Å². The molecule has 7 nitrogen and oxygen atoms in total. The molecule has 1 aliphatic rings. The van der Waals surface area contributed by atoms with Crippen LogP contribution >= 0.6 is 0 Å². The van der Waals surface area contributed by atoms with E-state index >= 15 is 0 Å². The number of esters is 2. The number of hydrogen-bond acceptors (Lipinski definition) is 6. The first kappa shape index (κ1) is 16.7. The molecule has 1 unspecified atom stereocenters. The van der Waals surface area contributed by atoms with E-state index in [-0.39, 0.29) is 18.6 Å². The molecule has 1 fully saturated rings. The average molecular weight is 296 g/mol. The van der Waals surface area contributed by atoms with Crippen molar-refractivity contribution in [1.82, 2.24) is 10.6 Å². The molecule has 0 aromatic carbocycles. The Labute approximate surface area is 123 Å². The van der Waals surface area contributed by atoms with E-state index in [1.807, 2.05) is 0 Å². The van der Waals surface area contributed by atoms with E-state index in [9.17, 15) is 14.4 Å². The van der Waals surface area contributed by atoms with E-state index in [2.05, 4.69) is 21.9 Å². The minimum atomic E-state index is -0.625. The average Bonchev–Trinajstić information content (AvgIpc) is 2.90. The second kappa shape index (κ2) is 8.78. The largest absolute Gasteiger partial charge is 0.466 e. The first-order chi connectivity index (χ1) is 10.0. The zero-order chi connectivity index (χ0) is 15.7. The molecule has 1 amide bonds. The Kier molecular flexibility index (Phi) is 7.00. The summed E-state index contributed by atoms with van der Waals surface area (Å²) < 4.78 is 9.18. The molecule has 0 radical (unpaired) electrons. The summed E-state index contributed by atoms with van der Waals surface area (Å²) in [5.74, 6) is -1.32. The maximum atomic E-state index is 11.7. The topological polar surface area (TPSA) is 93.7 Å². The highest BCUT2D eigenvalue weighted by Crippen LogP contribution is 2.13. The molecule has 1 aliphatic heterocycles. The van der Waals surface area contributed by atoms with E-state index in [4.69, 9.17) is 4.74 Å². The third-order valence-electron chi connectivity index (χ3n) is 2.85. The third-order valence-corrected chi connectivity index (χ3v) is 2.85. The van der Waals surface area contributed by atoms with Gasteiger partial charge in [0.2, 0.25) is 5.91 Å². The summed E-state index contributed by atoms with van der Waals surface area (Å²) >= 11 is 0. The summed E-state index contributed by atoms with van der Waals surface area (Å²) in [6.45, 7) is 4.34. The van der Waals surface area contributed by atoms with Gasteiger partial charge in [-0.15, -0.1) is 0 Å². The van der Waals surface area contributed by atoms with Gasteiger partial charge in [0.05, 0.1) is 13.7 Å². The third kappa shape index (κ3) is 6.60. The molecule has 7 heteroatoms. The molecule has 0 saturated carbocycles. The van der Waals surface area contributed by atoms with Crippen molar-refractivity contribution < 1.29 is 23.9 Å². The zero-order valence-corrected chi connectivity index (χ0v) is 12.0. The maximum Gasteiger partial charge on any atom is 0.331 e. The molecule has 21 heavy (non-hydrogen) atoms. The highest BCUT2D eigenvalue weighted by Gasteiger charge is 2.23. The second-order valence-corrected chi connectivity index (χ2v) is 4.51. The van der Waals surface area contributed by atoms with Crippen LogP contribution < -0.4 is 10.6 Å². The number of methoxy groups -OCH3 is 1. The lowest BCUT2D eigenvalue weighted by Gasteiger charge is -2.11. The quantitative estimate of drug-likeness (QED) is 0.391. The molecule has 0 aromatic rings. The van der Waals surface area contributed by atoms with Gasteiger partial charge >= 0.3 is 11.9 Å². The molecule has 0 aliphatic carbocycles. The Hall–Kier alpha value is -2.31. The molecule has 1 saturated heterocycles. The number of nitrogens with one attached hydrogen (secondary N) is 2. The molecular formula is C14H20N2O5. The number of hydrogen-bond donors (Lipinski definition) is 2. The number of allylic oxidation sites excluding steroid dienone is 1. The van der Waals surface area contributed by atoms with Gasteiger partial charge in [-0.3, -0.25) is 4.79 Å². The van der Waals surface area contributed by atoms with E-state index in [0.717, 1.165) is 30.7 Å².